The van der Waals surface area contributed by atoms with Crippen LogP contribution in [0.15, 0.2) is 11.4 Å². The minimum Gasteiger partial charge on any atom is -0.496 e. The largest absolute Gasteiger partial charge is 0.496 e. The van der Waals surface area contributed by atoms with E-state index in [1.165, 1.54) is 11.3 Å². The molecule has 1 aliphatic heterocycles. The number of hydrogen-bond acceptors (Lipinski definition) is 3. The number of nitrogens with zero attached hydrogens (tertiary/aromatic N) is 1. The highest BCUT2D eigenvalue weighted by atomic mass is 79.9. The Morgan fingerprint density at radius 3 is 2.72 bits per heavy atom. The first-order valence-electron chi connectivity index (χ1n) is 6.17. The lowest BCUT2D eigenvalue weighted by atomic mass is 9.94. The molecular weight excluding hydrogens is 314 g/mol. The predicted octanol–water partition coefficient (Wildman–Crippen LogP) is 3.39. The van der Waals surface area contributed by atoms with Gasteiger partial charge in [0.05, 0.1) is 12.0 Å². The van der Waals surface area contributed by atoms with Crippen molar-refractivity contribution in [2.45, 2.75) is 24.6 Å². The molecule has 1 amide bonds. The summed E-state index contributed by atoms with van der Waals surface area (Å²) in [5.74, 6) is 1.60. The van der Waals surface area contributed by atoms with Gasteiger partial charge in [0.25, 0.3) is 5.91 Å². The summed E-state index contributed by atoms with van der Waals surface area (Å²) in [6, 6.07) is 1.83. The number of halogens is 1. The van der Waals surface area contributed by atoms with Crippen molar-refractivity contribution >= 4 is 33.2 Å². The number of hydrogen-bond donors (Lipinski definition) is 0. The summed E-state index contributed by atoms with van der Waals surface area (Å²) in [7, 11) is 1.62. The fourth-order valence-corrected chi connectivity index (χ4v) is 3.61. The second-order valence-electron chi connectivity index (χ2n) is 4.66. The molecule has 2 heterocycles. The molecule has 1 aromatic heterocycles. The van der Waals surface area contributed by atoms with Crippen molar-refractivity contribution in [3.63, 3.8) is 0 Å². The van der Waals surface area contributed by atoms with Gasteiger partial charge in [-0.05, 0) is 18.8 Å². The van der Waals surface area contributed by atoms with Gasteiger partial charge < -0.3 is 9.64 Å². The lowest BCUT2D eigenvalue weighted by Gasteiger charge is -2.33. The number of thiophene rings is 1. The number of amides is 1. The van der Waals surface area contributed by atoms with Gasteiger partial charge in [-0.2, -0.15) is 0 Å². The number of likely N-dealkylation sites (tertiary alicyclic amines) is 1. The average Bonchev–Trinajstić information content (AvgIpc) is 2.86. The van der Waals surface area contributed by atoms with Gasteiger partial charge in [-0.25, -0.2) is 0 Å². The number of rotatable bonds is 3. The van der Waals surface area contributed by atoms with Gasteiger partial charge in [0.1, 0.15) is 5.75 Å². The number of carbonyl (C=O) groups is 1. The Balaban J connectivity index is 1.95. The lowest BCUT2D eigenvalue weighted by molar-refractivity contribution is 0.0696. The molecule has 0 bridgehead atoms. The van der Waals surface area contributed by atoms with E-state index in [0.29, 0.717) is 10.7 Å². The van der Waals surface area contributed by atoms with Crippen molar-refractivity contribution < 1.29 is 9.53 Å². The summed E-state index contributed by atoms with van der Waals surface area (Å²) >= 11 is 5.09. The molecule has 100 valence electrons. The van der Waals surface area contributed by atoms with E-state index < -0.39 is 0 Å². The molecule has 1 saturated heterocycles. The highest BCUT2D eigenvalue weighted by Crippen LogP contribution is 2.28. The van der Waals surface area contributed by atoms with E-state index in [0.717, 1.165) is 36.6 Å². The van der Waals surface area contributed by atoms with E-state index in [4.69, 9.17) is 4.74 Å². The zero-order valence-electron chi connectivity index (χ0n) is 10.7. The molecule has 0 N–H and O–H groups in total. The van der Waals surface area contributed by atoms with Crippen molar-refractivity contribution in [1.82, 2.24) is 4.90 Å². The number of methoxy groups -OCH3 is 1. The molecule has 0 aromatic carbocycles. The minimum absolute atomic E-state index is 0.143. The van der Waals surface area contributed by atoms with E-state index in [-0.39, 0.29) is 5.91 Å². The smallest absolute Gasteiger partial charge is 0.264 e. The van der Waals surface area contributed by atoms with E-state index in [1.54, 1.807) is 7.11 Å². The third kappa shape index (κ3) is 3.06. The Morgan fingerprint density at radius 2 is 2.22 bits per heavy atom. The molecule has 3 nitrogen and oxygen atoms in total. The Morgan fingerprint density at radius 1 is 1.56 bits per heavy atom. The van der Waals surface area contributed by atoms with Gasteiger partial charge in [0, 0.05) is 29.4 Å². The highest BCUT2D eigenvalue weighted by molar-refractivity contribution is 9.09. The summed E-state index contributed by atoms with van der Waals surface area (Å²) in [4.78, 5) is 15.5. The van der Waals surface area contributed by atoms with E-state index in [1.807, 2.05) is 16.3 Å². The van der Waals surface area contributed by atoms with Gasteiger partial charge in [-0.15, -0.1) is 11.3 Å². The maximum absolute atomic E-state index is 12.3. The number of ether oxygens (including phenoxy) is 1. The quantitative estimate of drug-likeness (QED) is 0.794. The van der Waals surface area contributed by atoms with Crippen LogP contribution in [0, 0.1) is 5.92 Å². The molecule has 0 saturated carbocycles. The second-order valence-corrected chi connectivity index (χ2v) is 7.01. The first-order valence-corrected chi connectivity index (χ1v) is 7.97. The first kappa shape index (κ1) is 13.9. The molecular formula is C13H18BrNO2S. The van der Waals surface area contributed by atoms with Crippen LogP contribution in [0.5, 0.6) is 5.75 Å². The number of carbonyl (C=O) groups excluding carboxylic acids is 1. The Hall–Kier alpha value is -0.550. The summed E-state index contributed by atoms with van der Waals surface area (Å²) in [5, 5.41) is 1.88. The van der Waals surface area contributed by atoms with E-state index in [2.05, 4.69) is 22.9 Å². The fourth-order valence-electron chi connectivity index (χ4n) is 2.26. The van der Waals surface area contributed by atoms with Crippen LogP contribution in [0.3, 0.4) is 0 Å². The highest BCUT2D eigenvalue weighted by Gasteiger charge is 2.26. The molecule has 0 spiro atoms. The Bertz CT molecular complexity index is 411. The molecule has 1 aliphatic rings. The molecule has 0 aliphatic carbocycles. The molecule has 1 unspecified atom stereocenters. The van der Waals surface area contributed by atoms with Crippen LogP contribution < -0.4 is 4.74 Å². The summed E-state index contributed by atoms with van der Waals surface area (Å²) < 4.78 is 5.11. The molecule has 1 fully saturated rings. The average molecular weight is 332 g/mol. The van der Waals surface area contributed by atoms with Crippen LogP contribution in [-0.4, -0.2) is 35.8 Å². The number of alkyl halides is 1. The van der Waals surface area contributed by atoms with Crippen LogP contribution in [0.1, 0.15) is 29.4 Å². The predicted molar refractivity (Wildman–Crippen MR) is 77.9 cm³/mol. The second kappa shape index (κ2) is 6.06. The summed E-state index contributed by atoms with van der Waals surface area (Å²) in [6.07, 6.45) is 2.17. The molecule has 2 rings (SSSR count). The van der Waals surface area contributed by atoms with Gasteiger partial charge in [0.15, 0.2) is 0 Å². The molecule has 18 heavy (non-hydrogen) atoms. The third-order valence-electron chi connectivity index (χ3n) is 3.50. The molecule has 0 radical (unpaired) electrons. The van der Waals surface area contributed by atoms with Gasteiger partial charge in [-0.3, -0.25) is 4.79 Å². The SMILES string of the molecule is COc1csc(C(=O)N2CCC(C(C)Br)CC2)c1. The van der Waals surface area contributed by atoms with Crippen molar-refractivity contribution in [2.75, 3.05) is 20.2 Å². The normalized spacial score (nSPS) is 18.7. The summed E-state index contributed by atoms with van der Waals surface area (Å²) in [6.45, 7) is 3.91. The van der Waals surface area contributed by atoms with Gasteiger partial charge in [-0.1, -0.05) is 22.9 Å². The lowest BCUT2D eigenvalue weighted by Crippen LogP contribution is -2.39. The van der Waals surface area contributed by atoms with Crippen molar-refractivity contribution in [2.24, 2.45) is 5.92 Å². The maximum Gasteiger partial charge on any atom is 0.264 e. The van der Waals surface area contributed by atoms with Crippen molar-refractivity contribution in [1.29, 1.82) is 0 Å². The number of piperidine rings is 1. The minimum atomic E-state index is 0.143. The molecule has 1 atom stereocenters. The zero-order chi connectivity index (χ0) is 13.1. The van der Waals surface area contributed by atoms with Crippen molar-refractivity contribution in [3.8, 4) is 5.75 Å². The van der Waals surface area contributed by atoms with Crippen LogP contribution >= 0.6 is 27.3 Å². The Kier molecular flexibility index (Phi) is 4.67. The summed E-state index contributed by atoms with van der Waals surface area (Å²) in [5.41, 5.74) is 0. The van der Waals surface area contributed by atoms with E-state index in [9.17, 15) is 4.79 Å². The van der Waals surface area contributed by atoms with E-state index >= 15 is 0 Å². The van der Waals surface area contributed by atoms with Gasteiger partial charge >= 0.3 is 0 Å². The zero-order valence-corrected chi connectivity index (χ0v) is 13.1. The standard InChI is InChI=1S/C13H18BrNO2S/c1-9(14)10-3-5-15(6-4-10)13(16)12-7-11(17-2)8-18-12/h7-10H,3-6H2,1-2H3. The van der Waals surface area contributed by atoms with Crippen LogP contribution in [-0.2, 0) is 0 Å². The van der Waals surface area contributed by atoms with Crippen molar-refractivity contribution in [3.05, 3.63) is 16.3 Å². The molecule has 5 heteroatoms. The Labute approximate surface area is 120 Å². The van der Waals surface area contributed by atoms with Gasteiger partial charge in [0.2, 0.25) is 0 Å². The third-order valence-corrected chi connectivity index (χ3v) is 5.14. The molecule has 1 aromatic rings. The first-order chi connectivity index (χ1) is 8.61. The van der Waals surface area contributed by atoms with Crippen LogP contribution in [0.25, 0.3) is 0 Å². The maximum atomic E-state index is 12.3. The van der Waals surface area contributed by atoms with Crippen LogP contribution in [0.2, 0.25) is 0 Å². The van der Waals surface area contributed by atoms with Crippen LogP contribution in [0.4, 0.5) is 0 Å². The topological polar surface area (TPSA) is 29.5 Å². The monoisotopic (exact) mass is 331 g/mol. The fraction of sp³-hybridized carbons (Fsp3) is 0.615.